The summed E-state index contributed by atoms with van der Waals surface area (Å²) < 4.78 is 0. The number of hydrogen-bond acceptors (Lipinski definition) is 1. The molecular formula is C19H28NO+. The molecule has 0 aromatic heterocycles. The molecule has 5 atom stereocenters. The summed E-state index contributed by atoms with van der Waals surface area (Å²) in [6.07, 6.45) is 10.2. The molecule has 1 heterocycles. The second-order valence-corrected chi connectivity index (χ2v) is 7.50. The van der Waals surface area contributed by atoms with Crippen LogP contribution in [-0.2, 0) is 5.60 Å². The number of likely N-dealkylation sites (tertiary alicyclic amines) is 1. The van der Waals surface area contributed by atoms with Gasteiger partial charge in [0, 0.05) is 18.8 Å². The Morgan fingerprint density at radius 2 is 1.81 bits per heavy atom. The van der Waals surface area contributed by atoms with Gasteiger partial charge < -0.3 is 10.0 Å². The molecule has 114 valence electrons. The third-order valence-electron chi connectivity index (χ3n) is 6.54. The van der Waals surface area contributed by atoms with Crippen LogP contribution in [0.25, 0.3) is 0 Å². The van der Waals surface area contributed by atoms with Crippen LogP contribution >= 0.6 is 0 Å². The Hall–Kier alpha value is -0.860. The molecule has 1 aromatic carbocycles. The highest BCUT2D eigenvalue weighted by Gasteiger charge is 2.52. The lowest BCUT2D eigenvalue weighted by molar-refractivity contribution is -0.948. The number of quaternary nitrogens is 1. The van der Waals surface area contributed by atoms with Crippen LogP contribution in [0.5, 0.6) is 0 Å². The van der Waals surface area contributed by atoms with E-state index in [4.69, 9.17) is 0 Å². The average Bonchev–Trinajstić information content (AvgIpc) is 3.12. The second-order valence-electron chi connectivity index (χ2n) is 7.50. The van der Waals surface area contributed by atoms with Gasteiger partial charge in [-0.25, -0.2) is 0 Å². The van der Waals surface area contributed by atoms with Gasteiger partial charge in [-0.05, 0) is 44.1 Å². The topological polar surface area (TPSA) is 24.7 Å². The molecule has 2 aliphatic carbocycles. The summed E-state index contributed by atoms with van der Waals surface area (Å²) in [5.74, 6) is 0.946. The molecule has 1 saturated heterocycles. The fraction of sp³-hybridized carbons (Fsp3) is 0.684. The Bertz CT molecular complexity index is 488. The van der Waals surface area contributed by atoms with Gasteiger partial charge in [0.1, 0.15) is 11.6 Å². The first kappa shape index (κ1) is 13.8. The predicted octanol–water partition coefficient (Wildman–Crippen LogP) is 2.27. The molecule has 4 rings (SSSR count). The fourth-order valence-electron chi connectivity index (χ4n) is 5.56. The smallest absolute Gasteiger partial charge is 0.141 e. The number of hydrogen-bond donors (Lipinski definition) is 2. The normalized spacial score (nSPS) is 42.9. The first-order valence-electron chi connectivity index (χ1n) is 8.92. The van der Waals surface area contributed by atoms with E-state index in [-0.39, 0.29) is 0 Å². The van der Waals surface area contributed by atoms with E-state index in [1.807, 2.05) is 0 Å². The quantitative estimate of drug-likeness (QED) is 0.856. The Morgan fingerprint density at radius 3 is 2.67 bits per heavy atom. The van der Waals surface area contributed by atoms with Gasteiger partial charge in [-0.15, -0.1) is 0 Å². The maximum Gasteiger partial charge on any atom is 0.141 e. The molecule has 1 aromatic rings. The Balaban J connectivity index is 1.65. The Kier molecular flexibility index (Phi) is 3.55. The maximum absolute atomic E-state index is 11.6. The van der Waals surface area contributed by atoms with E-state index in [2.05, 4.69) is 30.3 Å². The lowest BCUT2D eigenvalue weighted by Gasteiger charge is -2.44. The highest BCUT2D eigenvalue weighted by molar-refractivity contribution is 5.24. The van der Waals surface area contributed by atoms with E-state index in [0.717, 1.165) is 23.9 Å². The van der Waals surface area contributed by atoms with E-state index in [9.17, 15) is 5.11 Å². The van der Waals surface area contributed by atoms with E-state index in [0.29, 0.717) is 6.04 Å². The molecule has 2 heteroatoms. The third kappa shape index (κ3) is 2.24. The summed E-state index contributed by atoms with van der Waals surface area (Å²) in [5, 5.41) is 11.6. The van der Waals surface area contributed by atoms with Crippen molar-refractivity contribution in [2.24, 2.45) is 5.92 Å². The molecule has 0 radical (unpaired) electrons. The zero-order valence-electron chi connectivity index (χ0n) is 12.9. The summed E-state index contributed by atoms with van der Waals surface area (Å²) in [5.41, 5.74) is 0.565. The molecule has 3 fully saturated rings. The monoisotopic (exact) mass is 286 g/mol. The van der Waals surface area contributed by atoms with Crippen molar-refractivity contribution in [2.75, 3.05) is 6.54 Å². The van der Waals surface area contributed by atoms with Crippen molar-refractivity contribution < 1.29 is 10.0 Å². The largest absolute Gasteiger partial charge is 0.379 e. The van der Waals surface area contributed by atoms with Gasteiger partial charge in [-0.3, -0.25) is 0 Å². The lowest BCUT2D eigenvalue weighted by Crippen LogP contribution is -3.19. The minimum atomic E-state index is -0.591. The van der Waals surface area contributed by atoms with Gasteiger partial charge in [0.05, 0.1) is 12.6 Å². The van der Waals surface area contributed by atoms with Gasteiger partial charge in [0.2, 0.25) is 0 Å². The van der Waals surface area contributed by atoms with E-state index in [1.54, 1.807) is 4.90 Å². The van der Waals surface area contributed by atoms with Crippen LogP contribution in [0.3, 0.4) is 0 Å². The Labute approximate surface area is 128 Å². The first-order chi connectivity index (χ1) is 10.3. The molecule has 2 N–H and O–H groups in total. The predicted molar refractivity (Wildman–Crippen MR) is 84.2 cm³/mol. The van der Waals surface area contributed by atoms with E-state index in [1.165, 1.54) is 51.5 Å². The fourth-order valence-corrected chi connectivity index (χ4v) is 5.56. The van der Waals surface area contributed by atoms with Crippen LogP contribution < -0.4 is 4.90 Å². The van der Waals surface area contributed by atoms with Crippen LogP contribution in [0.4, 0.5) is 0 Å². The molecule has 0 bridgehead atoms. The van der Waals surface area contributed by atoms with Crippen molar-refractivity contribution in [2.45, 2.75) is 69.1 Å². The van der Waals surface area contributed by atoms with Crippen molar-refractivity contribution >= 4 is 0 Å². The molecule has 3 aliphatic rings. The summed E-state index contributed by atoms with van der Waals surface area (Å²) in [7, 11) is 0. The highest BCUT2D eigenvalue weighted by atomic mass is 16.3. The van der Waals surface area contributed by atoms with Crippen LogP contribution in [-0.4, -0.2) is 23.7 Å². The number of aliphatic hydroxyl groups is 1. The number of benzene rings is 1. The second kappa shape index (κ2) is 5.40. The van der Waals surface area contributed by atoms with Crippen LogP contribution in [0.15, 0.2) is 30.3 Å². The average molecular weight is 286 g/mol. The van der Waals surface area contributed by atoms with Crippen LogP contribution in [0.1, 0.15) is 56.9 Å². The van der Waals surface area contributed by atoms with Gasteiger partial charge in [-0.2, -0.15) is 0 Å². The zero-order chi connectivity index (χ0) is 14.3. The standard InChI is InChI=1S/C19H27NO/c21-19(16-8-2-1-3-9-16)13-5-4-11-18(19)20-14-12-15-7-6-10-17(15)20/h1-3,8-9,15,17-18,21H,4-7,10-14H2/p+1/t15-,17-,18-,19-/m1/s1. The molecular weight excluding hydrogens is 258 g/mol. The van der Waals surface area contributed by atoms with E-state index < -0.39 is 5.60 Å². The van der Waals surface area contributed by atoms with Crippen LogP contribution in [0.2, 0.25) is 0 Å². The van der Waals surface area contributed by atoms with Crippen molar-refractivity contribution in [1.29, 1.82) is 0 Å². The third-order valence-corrected chi connectivity index (χ3v) is 6.54. The molecule has 0 amide bonds. The first-order valence-corrected chi connectivity index (χ1v) is 8.92. The summed E-state index contributed by atoms with van der Waals surface area (Å²) in [6.45, 7) is 1.29. The van der Waals surface area contributed by atoms with Gasteiger partial charge in [-0.1, -0.05) is 30.3 Å². The molecule has 1 unspecified atom stereocenters. The minimum absolute atomic E-state index is 0.418. The lowest BCUT2D eigenvalue weighted by atomic mass is 9.74. The molecule has 1 aliphatic heterocycles. The van der Waals surface area contributed by atoms with Gasteiger partial charge >= 0.3 is 0 Å². The van der Waals surface area contributed by atoms with Crippen molar-refractivity contribution in [3.63, 3.8) is 0 Å². The summed E-state index contributed by atoms with van der Waals surface area (Å²) in [6, 6.07) is 11.7. The van der Waals surface area contributed by atoms with Crippen LogP contribution in [0, 0.1) is 5.92 Å². The SMILES string of the molecule is O[C@@]1(c2ccccc2)CCCC[C@H]1[NH+]1CC[C@H]2CCC[C@H]21. The molecule has 2 nitrogen and oxygen atoms in total. The number of fused-ring (bicyclic) bond motifs is 1. The summed E-state index contributed by atoms with van der Waals surface area (Å²) >= 11 is 0. The maximum atomic E-state index is 11.6. The highest BCUT2D eigenvalue weighted by Crippen LogP contribution is 2.38. The molecule has 2 saturated carbocycles. The van der Waals surface area contributed by atoms with Crippen molar-refractivity contribution in [3.05, 3.63) is 35.9 Å². The summed E-state index contributed by atoms with van der Waals surface area (Å²) in [4.78, 5) is 1.74. The number of nitrogens with one attached hydrogen (secondary N) is 1. The minimum Gasteiger partial charge on any atom is -0.379 e. The van der Waals surface area contributed by atoms with Crippen molar-refractivity contribution in [1.82, 2.24) is 0 Å². The van der Waals surface area contributed by atoms with Gasteiger partial charge in [0.15, 0.2) is 0 Å². The number of rotatable bonds is 2. The van der Waals surface area contributed by atoms with Crippen molar-refractivity contribution in [3.8, 4) is 0 Å². The zero-order valence-corrected chi connectivity index (χ0v) is 12.9. The van der Waals surface area contributed by atoms with Gasteiger partial charge in [0.25, 0.3) is 0 Å². The van der Waals surface area contributed by atoms with E-state index >= 15 is 0 Å². The molecule has 0 spiro atoms. The molecule has 21 heavy (non-hydrogen) atoms. The Morgan fingerprint density at radius 1 is 0.952 bits per heavy atom.